The van der Waals surface area contributed by atoms with E-state index in [2.05, 4.69) is 21.2 Å². The molecule has 1 aliphatic carbocycles. The molecule has 1 amide bonds. The fourth-order valence-corrected chi connectivity index (χ4v) is 3.23. The van der Waals surface area contributed by atoms with Crippen molar-refractivity contribution in [2.45, 2.75) is 24.6 Å². The number of nitrogens with one attached hydrogen (secondary N) is 1. The lowest BCUT2D eigenvalue weighted by Crippen LogP contribution is -2.68. The fourth-order valence-electron chi connectivity index (χ4n) is 2.80. The van der Waals surface area contributed by atoms with E-state index in [4.69, 9.17) is 22.1 Å². The van der Waals surface area contributed by atoms with Crippen LogP contribution in [0, 0.1) is 5.92 Å². The highest BCUT2D eigenvalue weighted by atomic mass is 79.9. The molecule has 1 heterocycles. The second kappa shape index (κ2) is 5.05. The second-order valence-corrected chi connectivity index (χ2v) is 6.25. The van der Waals surface area contributed by atoms with Crippen LogP contribution in [-0.2, 0) is 4.74 Å². The Hall–Kier alpha value is -0.620. The zero-order chi connectivity index (χ0) is 13.6. The number of halogens is 2. The van der Waals surface area contributed by atoms with Gasteiger partial charge in [-0.05, 0) is 40.5 Å². The molecule has 4 nitrogen and oxygen atoms in total. The van der Waals surface area contributed by atoms with Crippen molar-refractivity contribution in [1.82, 2.24) is 5.32 Å². The third-order valence-electron chi connectivity index (χ3n) is 3.93. The summed E-state index contributed by atoms with van der Waals surface area (Å²) in [6.45, 7) is 0.736. The molecule has 6 heteroatoms. The van der Waals surface area contributed by atoms with Crippen LogP contribution >= 0.6 is 27.5 Å². The van der Waals surface area contributed by atoms with Crippen molar-refractivity contribution in [3.8, 4) is 0 Å². The van der Waals surface area contributed by atoms with Gasteiger partial charge in [-0.25, -0.2) is 0 Å². The third-order valence-corrected chi connectivity index (χ3v) is 5.16. The highest BCUT2D eigenvalue weighted by Crippen LogP contribution is 2.37. The number of amides is 1. The Balaban J connectivity index is 1.70. The Morgan fingerprint density at radius 3 is 3.05 bits per heavy atom. The lowest BCUT2D eigenvalue weighted by atomic mass is 9.72. The molecule has 4 atom stereocenters. The largest absolute Gasteiger partial charge is 0.376 e. The summed E-state index contributed by atoms with van der Waals surface area (Å²) in [6, 6.07) is 5.01. The molecule has 4 unspecified atom stereocenters. The zero-order valence-electron chi connectivity index (χ0n) is 10.1. The molecule has 1 aromatic rings. The lowest BCUT2D eigenvalue weighted by molar-refractivity contribution is -0.0161. The molecular weight excluding hydrogens is 332 g/mol. The van der Waals surface area contributed by atoms with E-state index in [1.165, 1.54) is 0 Å². The van der Waals surface area contributed by atoms with E-state index in [-0.39, 0.29) is 24.1 Å². The summed E-state index contributed by atoms with van der Waals surface area (Å²) in [6.07, 6.45) is 1.06. The monoisotopic (exact) mass is 344 g/mol. The zero-order valence-corrected chi connectivity index (χ0v) is 12.4. The quantitative estimate of drug-likeness (QED) is 0.861. The summed E-state index contributed by atoms with van der Waals surface area (Å²) in [4.78, 5) is 12.1. The molecule has 0 aromatic heterocycles. The first kappa shape index (κ1) is 13.4. The normalized spacial score (nSPS) is 32.6. The first-order valence-electron chi connectivity index (χ1n) is 6.21. The predicted octanol–water partition coefficient (Wildman–Crippen LogP) is 1.95. The van der Waals surface area contributed by atoms with Crippen LogP contribution in [0.1, 0.15) is 16.8 Å². The first-order chi connectivity index (χ1) is 9.08. The highest BCUT2D eigenvalue weighted by molar-refractivity contribution is 9.10. The molecular formula is C13H14BrClN2O2. The van der Waals surface area contributed by atoms with E-state index in [1.54, 1.807) is 18.2 Å². The van der Waals surface area contributed by atoms with Crippen molar-refractivity contribution in [3.05, 3.63) is 33.3 Å². The van der Waals surface area contributed by atoms with Gasteiger partial charge in [-0.3, -0.25) is 4.79 Å². The van der Waals surface area contributed by atoms with E-state index in [9.17, 15) is 4.79 Å². The summed E-state index contributed by atoms with van der Waals surface area (Å²) in [5.41, 5.74) is 6.59. The summed E-state index contributed by atoms with van der Waals surface area (Å²) in [7, 11) is 0. The van der Waals surface area contributed by atoms with Crippen LogP contribution in [0.5, 0.6) is 0 Å². The third kappa shape index (κ3) is 2.29. The van der Waals surface area contributed by atoms with Crippen LogP contribution in [0.25, 0.3) is 0 Å². The van der Waals surface area contributed by atoms with Gasteiger partial charge in [0.25, 0.3) is 5.91 Å². The van der Waals surface area contributed by atoms with E-state index < -0.39 is 0 Å². The predicted molar refractivity (Wildman–Crippen MR) is 76.2 cm³/mol. The Morgan fingerprint density at radius 1 is 1.53 bits per heavy atom. The number of carbonyl (C=O) groups excluding carboxylic acids is 1. The Morgan fingerprint density at radius 2 is 2.32 bits per heavy atom. The molecule has 0 radical (unpaired) electrons. The Kier molecular flexibility index (Phi) is 3.55. The van der Waals surface area contributed by atoms with Crippen LogP contribution in [0.15, 0.2) is 22.7 Å². The van der Waals surface area contributed by atoms with Gasteiger partial charge >= 0.3 is 0 Å². The van der Waals surface area contributed by atoms with Gasteiger partial charge in [0.15, 0.2) is 0 Å². The maximum atomic E-state index is 12.1. The van der Waals surface area contributed by atoms with Crippen molar-refractivity contribution in [1.29, 1.82) is 0 Å². The molecule has 102 valence electrons. The molecule has 2 aliphatic rings. The molecule has 3 N–H and O–H groups in total. The standard InChI is InChI=1S/C13H14BrClN2O2/c14-8-2-1-6(5-9(8)15)13(18)17-11-10(16)7-3-4-19-12(7)11/h1-2,5,7,10-12H,3-4,16H2,(H,17,18). The molecule has 2 fully saturated rings. The van der Waals surface area contributed by atoms with Crippen LogP contribution in [0.4, 0.5) is 0 Å². The van der Waals surface area contributed by atoms with Crippen LogP contribution in [-0.4, -0.2) is 30.7 Å². The Labute approximate surface area is 124 Å². The number of benzene rings is 1. The highest BCUT2D eigenvalue weighted by Gasteiger charge is 2.52. The number of carbonyl (C=O) groups is 1. The maximum absolute atomic E-state index is 12.1. The van der Waals surface area contributed by atoms with Crippen molar-refractivity contribution < 1.29 is 9.53 Å². The fraction of sp³-hybridized carbons (Fsp3) is 0.462. The molecule has 1 saturated heterocycles. The van der Waals surface area contributed by atoms with Crippen LogP contribution < -0.4 is 11.1 Å². The number of rotatable bonds is 2. The summed E-state index contributed by atoms with van der Waals surface area (Å²) in [5, 5.41) is 3.45. The van der Waals surface area contributed by atoms with Gasteiger partial charge in [-0.1, -0.05) is 11.6 Å². The number of hydrogen-bond donors (Lipinski definition) is 2. The Bertz CT molecular complexity index is 525. The average Bonchev–Trinajstić information content (AvgIpc) is 2.83. The van der Waals surface area contributed by atoms with Crippen LogP contribution in [0.3, 0.4) is 0 Å². The second-order valence-electron chi connectivity index (χ2n) is 4.99. The average molecular weight is 346 g/mol. The smallest absolute Gasteiger partial charge is 0.251 e. The van der Waals surface area contributed by atoms with Crippen LogP contribution in [0.2, 0.25) is 5.02 Å². The van der Waals surface area contributed by atoms with E-state index in [1.807, 2.05) is 0 Å². The van der Waals surface area contributed by atoms with Crippen molar-refractivity contribution in [2.24, 2.45) is 11.7 Å². The minimum Gasteiger partial charge on any atom is -0.376 e. The molecule has 1 aliphatic heterocycles. The van der Waals surface area contributed by atoms with Gasteiger partial charge in [-0.2, -0.15) is 0 Å². The SMILES string of the molecule is NC1C2CCOC2C1NC(=O)c1ccc(Br)c(Cl)c1. The van der Waals surface area contributed by atoms with Gasteiger partial charge in [-0.15, -0.1) is 0 Å². The maximum Gasteiger partial charge on any atom is 0.251 e. The van der Waals surface area contributed by atoms with Crippen molar-refractivity contribution >= 4 is 33.4 Å². The number of fused-ring (bicyclic) bond motifs is 1. The lowest BCUT2D eigenvalue weighted by Gasteiger charge is -2.45. The number of hydrogen-bond acceptors (Lipinski definition) is 3. The van der Waals surface area contributed by atoms with E-state index in [0.717, 1.165) is 17.5 Å². The van der Waals surface area contributed by atoms with Crippen molar-refractivity contribution in [2.75, 3.05) is 6.61 Å². The molecule has 1 saturated carbocycles. The van der Waals surface area contributed by atoms with Crippen molar-refractivity contribution in [3.63, 3.8) is 0 Å². The summed E-state index contributed by atoms with van der Waals surface area (Å²) < 4.78 is 6.35. The molecule has 3 rings (SSSR count). The number of nitrogens with two attached hydrogens (primary N) is 1. The summed E-state index contributed by atoms with van der Waals surface area (Å²) in [5.74, 6) is 0.225. The molecule has 1 aromatic carbocycles. The van der Waals surface area contributed by atoms with Gasteiger partial charge in [0, 0.05) is 28.6 Å². The number of ether oxygens (including phenoxy) is 1. The van der Waals surface area contributed by atoms with Gasteiger partial charge in [0.05, 0.1) is 17.2 Å². The van der Waals surface area contributed by atoms with Gasteiger partial charge in [0.1, 0.15) is 0 Å². The topological polar surface area (TPSA) is 64.3 Å². The van der Waals surface area contributed by atoms with E-state index >= 15 is 0 Å². The van der Waals surface area contributed by atoms with Gasteiger partial charge < -0.3 is 15.8 Å². The molecule has 0 bridgehead atoms. The summed E-state index contributed by atoms with van der Waals surface area (Å²) >= 11 is 9.28. The molecule has 19 heavy (non-hydrogen) atoms. The van der Waals surface area contributed by atoms with E-state index in [0.29, 0.717) is 16.5 Å². The first-order valence-corrected chi connectivity index (χ1v) is 7.38. The minimum absolute atomic E-state index is 0.0117. The minimum atomic E-state index is -0.163. The van der Waals surface area contributed by atoms with Gasteiger partial charge in [0.2, 0.25) is 0 Å². The molecule has 0 spiro atoms.